The molecule has 2 rings (SSSR count). The number of halogens is 1. The molecule has 1 atom stereocenters. The molecule has 1 N–H and O–H groups in total. The lowest BCUT2D eigenvalue weighted by atomic mass is 10.1. The number of nitrogens with one attached hydrogen (secondary N) is 1. The lowest BCUT2D eigenvalue weighted by molar-refractivity contribution is 0.572. The first-order chi connectivity index (χ1) is 8.18. The molecule has 2 aromatic rings. The van der Waals surface area contributed by atoms with Gasteiger partial charge >= 0.3 is 0 Å². The number of thiophene rings is 1. The highest BCUT2D eigenvalue weighted by atomic mass is 79.9. The van der Waals surface area contributed by atoms with Crippen LogP contribution in [0.5, 0.6) is 0 Å². The average molecular weight is 310 g/mol. The summed E-state index contributed by atoms with van der Waals surface area (Å²) in [5.41, 5.74) is 4.08. The highest BCUT2D eigenvalue weighted by Crippen LogP contribution is 2.23. The van der Waals surface area contributed by atoms with Gasteiger partial charge in [0, 0.05) is 17.1 Å². The molecule has 0 fully saturated rings. The van der Waals surface area contributed by atoms with Crippen molar-refractivity contribution in [3.8, 4) is 0 Å². The predicted octanol–water partition coefficient (Wildman–Crippen LogP) is 4.67. The molecule has 0 aliphatic rings. The number of aryl methyl sites for hydroxylation is 1. The van der Waals surface area contributed by atoms with Crippen molar-refractivity contribution in [2.75, 3.05) is 0 Å². The minimum absolute atomic E-state index is 0.352. The van der Waals surface area contributed by atoms with E-state index in [-0.39, 0.29) is 0 Å². The van der Waals surface area contributed by atoms with Gasteiger partial charge in [0.2, 0.25) is 0 Å². The van der Waals surface area contributed by atoms with Gasteiger partial charge in [0.25, 0.3) is 0 Å². The van der Waals surface area contributed by atoms with E-state index in [1.807, 2.05) is 6.07 Å². The van der Waals surface area contributed by atoms with Crippen molar-refractivity contribution in [1.82, 2.24) is 5.32 Å². The van der Waals surface area contributed by atoms with Crippen LogP contribution in [0.2, 0.25) is 0 Å². The number of hydrogen-bond donors (Lipinski definition) is 1. The molecular weight excluding hydrogens is 294 g/mol. The van der Waals surface area contributed by atoms with Crippen LogP contribution in [0.4, 0.5) is 0 Å². The van der Waals surface area contributed by atoms with Gasteiger partial charge in [-0.1, -0.05) is 34.1 Å². The van der Waals surface area contributed by atoms with Crippen molar-refractivity contribution in [2.45, 2.75) is 26.4 Å². The standard InChI is InChI=1S/C14H16BrNS/c1-10-8-17-9-12(10)7-16-11(2)13-5-3-4-6-14(13)15/h3-6,8-9,11,16H,7H2,1-2H3. The van der Waals surface area contributed by atoms with E-state index in [1.165, 1.54) is 21.2 Å². The molecule has 3 heteroatoms. The van der Waals surface area contributed by atoms with E-state index in [1.54, 1.807) is 11.3 Å². The lowest BCUT2D eigenvalue weighted by Gasteiger charge is -2.15. The van der Waals surface area contributed by atoms with Gasteiger partial charge in [-0.05, 0) is 47.4 Å². The van der Waals surface area contributed by atoms with Crippen molar-refractivity contribution in [3.63, 3.8) is 0 Å². The van der Waals surface area contributed by atoms with Gasteiger partial charge < -0.3 is 5.32 Å². The number of rotatable bonds is 4. The van der Waals surface area contributed by atoms with E-state index >= 15 is 0 Å². The fourth-order valence-electron chi connectivity index (χ4n) is 1.77. The topological polar surface area (TPSA) is 12.0 Å². The summed E-state index contributed by atoms with van der Waals surface area (Å²) in [7, 11) is 0. The zero-order valence-corrected chi connectivity index (χ0v) is 12.4. The third-order valence-corrected chi connectivity index (χ3v) is 4.56. The Morgan fingerprint density at radius 3 is 2.71 bits per heavy atom. The molecule has 90 valence electrons. The summed E-state index contributed by atoms with van der Waals surface area (Å²) in [5, 5.41) is 7.97. The van der Waals surface area contributed by atoms with E-state index < -0.39 is 0 Å². The second kappa shape index (κ2) is 5.80. The van der Waals surface area contributed by atoms with Crippen LogP contribution in [0, 0.1) is 6.92 Å². The van der Waals surface area contributed by atoms with Crippen LogP contribution >= 0.6 is 27.3 Å². The first kappa shape index (κ1) is 12.8. The highest BCUT2D eigenvalue weighted by molar-refractivity contribution is 9.10. The monoisotopic (exact) mass is 309 g/mol. The largest absolute Gasteiger partial charge is 0.306 e. The van der Waals surface area contributed by atoms with Crippen molar-refractivity contribution in [1.29, 1.82) is 0 Å². The summed E-state index contributed by atoms with van der Waals surface area (Å²) in [4.78, 5) is 0. The van der Waals surface area contributed by atoms with Gasteiger partial charge in [0.15, 0.2) is 0 Å². The molecule has 0 amide bonds. The normalized spacial score (nSPS) is 12.6. The fraction of sp³-hybridized carbons (Fsp3) is 0.286. The molecule has 1 heterocycles. The molecule has 1 aromatic carbocycles. The summed E-state index contributed by atoms with van der Waals surface area (Å²) in [6.45, 7) is 5.29. The van der Waals surface area contributed by atoms with Gasteiger partial charge in [0.1, 0.15) is 0 Å². The van der Waals surface area contributed by atoms with Crippen molar-refractivity contribution in [3.05, 3.63) is 56.2 Å². The fourth-order valence-corrected chi connectivity index (χ4v) is 3.25. The average Bonchev–Trinajstić information content (AvgIpc) is 2.72. The SMILES string of the molecule is Cc1cscc1CNC(C)c1ccccc1Br. The number of benzene rings is 1. The molecule has 0 saturated carbocycles. The van der Waals surface area contributed by atoms with Crippen LogP contribution in [0.15, 0.2) is 39.5 Å². The summed E-state index contributed by atoms with van der Waals surface area (Å²) >= 11 is 5.36. The zero-order valence-electron chi connectivity index (χ0n) is 10.0. The van der Waals surface area contributed by atoms with Crippen molar-refractivity contribution >= 4 is 27.3 Å². The van der Waals surface area contributed by atoms with E-state index in [0.717, 1.165) is 6.54 Å². The Hall–Kier alpha value is -0.640. The maximum absolute atomic E-state index is 3.59. The van der Waals surface area contributed by atoms with Crippen molar-refractivity contribution < 1.29 is 0 Å². The Bertz CT molecular complexity index is 492. The van der Waals surface area contributed by atoms with Crippen molar-refractivity contribution in [2.24, 2.45) is 0 Å². The molecule has 0 radical (unpaired) electrons. The van der Waals surface area contributed by atoms with E-state index in [0.29, 0.717) is 6.04 Å². The molecule has 0 aliphatic carbocycles. The van der Waals surface area contributed by atoms with E-state index in [2.05, 4.69) is 64.1 Å². The second-order valence-corrected chi connectivity index (χ2v) is 5.80. The van der Waals surface area contributed by atoms with Crippen LogP contribution in [0.1, 0.15) is 29.7 Å². The van der Waals surface area contributed by atoms with Gasteiger partial charge in [-0.25, -0.2) is 0 Å². The zero-order chi connectivity index (χ0) is 12.3. The van der Waals surface area contributed by atoms with Gasteiger partial charge in [-0.15, -0.1) is 0 Å². The minimum Gasteiger partial charge on any atom is -0.306 e. The molecular formula is C14H16BrNS. The lowest BCUT2D eigenvalue weighted by Crippen LogP contribution is -2.18. The third-order valence-electron chi connectivity index (χ3n) is 2.93. The molecule has 1 nitrogen and oxygen atoms in total. The summed E-state index contributed by atoms with van der Waals surface area (Å²) in [5.74, 6) is 0. The molecule has 0 aliphatic heterocycles. The van der Waals surface area contributed by atoms with Crippen LogP contribution in [0.3, 0.4) is 0 Å². The maximum Gasteiger partial charge on any atom is 0.0306 e. The van der Waals surface area contributed by atoms with E-state index in [9.17, 15) is 0 Å². The predicted molar refractivity (Wildman–Crippen MR) is 78.5 cm³/mol. The Morgan fingerprint density at radius 1 is 1.29 bits per heavy atom. The Kier molecular flexibility index (Phi) is 4.37. The first-order valence-corrected chi connectivity index (χ1v) is 7.41. The van der Waals surface area contributed by atoms with E-state index in [4.69, 9.17) is 0 Å². The molecule has 0 saturated heterocycles. The van der Waals surface area contributed by atoms with Crippen LogP contribution in [0.25, 0.3) is 0 Å². The van der Waals surface area contributed by atoms with Crippen LogP contribution in [-0.4, -0.2) is 0 Å². The molecule has 0 spiro atoms. The maximum atomic E-state index is 3.59. The Labute approximate surface area is 115 Å². The van der Waals surface area contributed by atoms with Gasteiger partial charge in [-0.2, -0.15) is 11.3 Å². The number of hydrogen-bond acceptors (Lipinski definition) is 2. The third kappa shape index (κ3) is 3.18. The molecule has 1 aromatic heterocycles. The van der Waals surface area contributed by atoms with Crippen LogP contribution in [-0.2, 0) is 6.54 Å². The molecule has 17 heavy (non-hydrogen) atoms. The quantitative estimate of drug-likeness (QED) is 0.865. The summed E-state index contributed by atoms with van der Waals surface area (Å²) in [6.07, 6.45) is 0. The molecule has 1 unspecified atom stereocenters. The molecule has 0 bridgehead atoms. The minimum atomic E-state index is 0.352. The highest BCUT2D eigenvalue weighted by Gasteiger charge is 2.08. The summed E-state index contributed by atoms with van der Waals surface area (Å²) < 4.78 is 1.17. The first-order valence-electron chi connectivity index (χ1n) is 5.68. The summed E-state index contributed by atoms with van der Waals surface area (Å²) in [6, 6.07) is 8.72. The van der Waals surface area contributed by atoms with Gasteiger partial charge in [0.05, 0.1) is 0 Å². The second-order valence-electron chi connectivity index (χ2n) is 4.20. The van der Waals surface area contributed by atoms with Gasteiger partial charge in [-0.3, -0.25) is 0 Å². The van der Waals surface area contributed by atoms with Crippen LogP contribution < -0.4 is 5.32 Å². The Balaban J connectivity index is 2.01. The Morgan fingerprint density at radius 2 is 2.06 bits per heavy atom. The smallest absolute Gasteiger partial charge is 0.0306 e.